The molecule has 0 radical (unpaired) electrons. The van der Waals surface area contributed by atoms with Crippen LogP contribution in [0.2, 0.25) is 0 Å². The summed E-state index contributed by atoms with van der Waals surface area (Å²) < 4.78 is 5.23. The van der Waals surface area contributed by atoms with Gasteiger partial charge in [-0.25, -0.2) is 0 Å². The third kappa shape index (κ3) is 9.49. The Morgan fingerprint density at radius 3 is 2.22 bits per heavy atom. The van der Waals surface area contributed by atoms with Crippen molar-refractivity contribution in [3.63, 3.8) is 0 Å². The summed E-state index contributed by atoms with van der Waals surface area (Å²) in [5.74, 6) is 0.852. The maximum absolute atomic E-state index is 11.4. The monoisotopic (exact) mass is 254 g/mol. The van der Waals surface area contributed by atoms with E-state index in [9.17, 15) is 4.79 Å². The number of ether oxygens (including phenoxy) is 1. The van der Waals surface area contributed by atoms with Crippen LogP contribution in [-0.4, -0.2) is 12.6 Å². The van der Waals surface area contributed by atoms with Crippen molar-refractivity contribution in [2.24, 2.45) is 5.92 Å². The first-order valence-corrected chi connectivity index (χ1v) is 7.98. The minimum atomic E-state index is 0.0184. The second-order valence-corrected chi connectivity index (χ2v) is 5.68. The van der Waals surface area contributed by atoms with E-state index in [0.717, 1.165) is 18.8 Å². The molecule has 106 valence electrons. The van der Waals surface area contributed by atoms with Crippen LogP contribution in [0.15, 0.2) is 0 Å². The fraction of sp³-hybridized carbons (Fsp3) is 0.938. The molecule has 0 aromatic rings. The van der Waals surface area contributed by atoms with Gasteiger partial charge in [-0.05, 0) is 18.8 Å². The van der Waals surface area contributed by atoms with Gasteiger partial charge in [0.2, 0.25) is 0 Å². The van der Waals surface area contributed by atoms with Gasteiger partial charge in [0.25, 0.3) is 0 Å². The average Bonchev–Trinajstić information content (AvgIpc) is 3.18. The number of esters is 1. The summed E-state index contributed by atoms with van der Waals surface area (Å²) in [5, 5.41) is 0. The second kappa shape index (κ2) is 10.4. The lowest BCUT2D eigenvalue weighted by Gasteiger charge is -2.04. The van der Waals surface area contributed by atoms with Gasteiger partial charge in [-0.3, -0.25) is 4.79 Å². The van der Waals surface area contributed by atoms with E-state index in [1.807, 2.05) is 0 Å². The average molecular weight is 254 g/mol. The standard InChI is InChI=1S/C16H30O2/c1-2-3-4-5-6-7-8-9-14-18-16(17)13-12-15-10-11-15/h15H,2-14H2,1H3. The Morgan fingerprint density at radius 2 is 1.61 bits per heavy atom. The van der Waals surface area contributed by atoms with Crippen molar-refractivity contribution in [1.29, 1.82) is 0 Å². The third-order valence-electron chi connectivity index (χ3n) is 3.71. The molecule has 0 unspecified atom stereocenters. The van der Waals surface area contributed by atoms with Crippen LogP contribution in [0.4, 0.5) is 0 Å². The Morgan fingerprint density at radius 1 is 1.00 bits per heavy atom. The van der Waals surface area contributed by atoms with E-state index >= 15 is 0 Å². The van der Waals surface area contributed by atoms with Crippen LogP contribution in [-0.2, 0) is 9.53 Å². The zero-order valence-corrected chi connectivity index (χ0v) is 12.1. The van der Waals surface area contributed by atoms with Crippen molar-refractivity contribution in [3.05, 3.63) is 0 Å². The predicted octanol–water partition coefficient (Wildman–Crippen LogP) is 4.86. The number of unbranched alkanes of at least 4 members (excludes halogenated alkanes) is 7. The Bertz CT molecular complexity index is 209. The zero-order valence-electron chi connectivity index (χ0n) is 12.1. The molecule has 0 spiro atoms. The summed E-state index contributed by atoms with van der Waals surface area (Å²) in [6.07, 6.45) is 14.7. The van der Waals surface area contributed by atoms with Gasteiger partial charge in [0, 0.05) is 6.42 Å². The Labute approximate surface area is 112 Å². The summed E-state index contributed by atoms with van der Waals surface area (Å²) in [7, 11) is 0. The molecule has 0 saturated heterocycles. The van der Waals surface area contributed by atoms with Crippen LogP contribution in [0.1, 0.15) is 84.0 Å². The molecule has 0 aliphatic heterocycles. The molecule has 2 heteroatoms. The molecule has 1 aliphatic rings. The fourth-order valence-corrected chi connectivity index (χ4v) is 2.22. The highest BCUT2D eigenvalue weighted by molar-refractivity contribution is 5.69. The Hall–Kier alpha value is -0.530. The van der Waals surface area contributed by atoms with Gasteiger partial charge in [0.1, 0.15) is 0 Å². The summed E-state index contributed by atoms with van der Waals surface area (Å²) in [6.45, 7) is 2.88. The summed E-state index contributed by atoms with van der Waals surface area (Å²) in [5.41, 5.74) is 0. The van der Waals surface area contributed by atoms with E-state index in [1.54, 1.807) is 0 Å². The Balaban J connectivity index is 1.73. The number of rotatable bonds is 12. The number of carbonyl (C=O) groups excluding carboxylic acids is 1. The van der Waals surface area contributed by atoms with Gasteiger partial charge < -0.3 is 4.74 Å². The molecule has 0 atom stereocenters. The molecule has 1 saturated carbocycles. The molecule has 0 aromatic heterocycles. The van der Waals surface area contributed by atoms with Crippen molar-refractivity contribution in [3.8, 4) is 0 Å². The molecule has 0 aromatic carbocycles. The predicted molar refractivity (Wildman–Crippen MR) is 75.5 cm³/mol. The molecule has 1 rings (SSSR count). The Kier molecular flexibility index (Phi) is 8.97. The summed E-state index contributed by atoms with van der Waals surface area (Å²) in [4.78, 5) is 11.4. The minimum Gasteiger partial charge on any atom is -0.466 e. The fourth-order valence-electron chi connectivity index (χ4n) is 2.22. The highest BCUT2D eigenvalue weighted by Crippen LogP contribution is 2.33. The van der Waals surface area contributed by atoms with Crippen LogP contribution < -0.4 is 0 Å². The van der Waals surface area contributed by atoms with E-state index < -0.39 is 0 Å². The SMILES string of the molecule is CCCCCCCCCCOC(=O)CCC1CC1. The van der Waals surface area contributed by atoms with E-state index in [4.69, 9.17) is 4.74 Å². The van der Waals surface area contributed by atoms with Crippen molar-refractivity contribution in [2.45, 2.75) is 84.0 Å². The van der Waals surface area contributed by atoms with E-state index in [1.165, 1.54) is 57.8 Å². The lowest BCUT2D eigenvalue weighted by Crippen LogP contribution is -2.05. The van der Waals surface area contributed by atoms with Gasteiger partial charge in [-0.1, -0.05) is 64.7 Å². The van der Waals surface area contributed by atoms with Gasteiger partial charge in [-0.15, -0.1) is 0 Å². The maximum atomic E-state index is 11.4. The van der Waals surface area contributed by atoms with E-state index in [0.29, 0.717) is 13.0 Å². The molecular formula is C16H30O2. The molecule has 0 amide bonds. The highest BCUT2D eigenvalue weighted by atomic mass is 16.5. The van der Waals surface area contributed by atoms with Crippen LogP contribution in [0, 0.1) is 5.92 Å². The molecule has 0 heterocycles. The number of hydrogen-bond acceptors (Lipinski definition) is 2. The smallest absolute Gasteiger partial charge is 0.305 e. The first kappa shape index (κ1) is 15.5. The van der Waals surface area contributed by atoms with Gasteiger partial charge in [-0.2, -0.15) is 0 Å². The molecule has 1 aliphatic carbocycles. The van der Waals surface area contributed by atoms with Crippen LogP contribution >= 0.6 is 0 Å². The summed E-state index contributed by atoms with van der Waals surface area (Å²) in [6, 6.07) is 0. The van der Waals surface area contributed by atoms with Gasteiger partial charge in [0.15, 0.2) is 0 Å². The maximum Gasteiger partial charge on any atom is 0.305 e. The molecule has 0 N–H and O–H groups in total. The van der Waals surface area contributed by atoms with Gasteiger partial charge >= 0.3 is 5.97 Å². The minimum absolute atomic E-state index is 0.0184. The van der Waals surface area contributed by atoms with E-state index in [-0.39, 0.29) is 5.97 Å². The molecule has 0 bridgehead atoms. The quantitative estimate of drug-likeness (QED) is 0.367. The lowest BCUT2D eigenvalue weighted by molar-refractivity contribution is -0.144. The van der Waals surface area contributed by atoms with Crippen molar-refractivity contribution >= 4 is 5.97 Å². The lowest BCUT2D eigenvalue weighted by atomic mass is 10.1. The molecule has 2 nitrogen and oxygen atoms in total. The molecular weight excluding hydrogens is 224 g/mol. The first-order chi connectivity index (χ1) is 8.83. The van der Waals surface area contributed by atoms with Crippen molar-refractivity contribution < 1.29 is 9.53 Å². The van der Waals surface area contributed by atoms with Crippen LogP contribution in [0.3, 0.4) is 0 Å². The zero-order chi connectivity index (χ0) is 13.1. The number of hydrogen-bond donors (Lipinski definition) is 0. The van der Waals surface area contributed by atoms with Crippen molar-refractivity contribution in [2.75, 3.05) is 6.61 Å². The number of carbonyl (C=O) groups is 1. The van der Waals surface area contributed by atoms with E-state index in [2.05, 4.69) is 6.92 Å². The third-order valence-corrected chi connectivity index (χ3v) is 3.71. The first-order valence-electron chi connectivity index (χ1n) is 7.98. The topological polar surface area (TPSA) is 26.3 Å². The molecule has 18 heavy (non-hydrogen) atoms. The van der Waals surface area contributed by atoms with Crippen LogP contribution in [0.5, 0.6) is 0 Å². The van der Waals surface area contributed by atoms with Gasteiger partial charge in [0.05, 0.1) is 6.61 Å². The molecule has 1 fully saturated rings. The largest absolute Gasteiger partial charge is 0.466 e. The normalized spacial score (nSPS) is 14.7. The van der Waals surface area contributed by atoms with Crippen LogP contribution in [0.25, 0.3) is 0 Å². The van der Waals surface area contributed by atoms with Crippen molar-refractivity contribution in [1.82, 2.24) is 0 Å². The summed E-state index contributed by atoms with van der Waals surface area (Å²) >= 11 is 0. The second-order valence-electron chi connectivity index (χ2n) is 5.68. The highest BCUT2D eigenvalue weighted by Gasteiger charge is 2.22.